The van der Waals surface area contributed by atoms with Crippen LogP contribution in [-0.4, -0.2) is 33.9 Å². The van der Waals surface area contributed by atoms with Crippen molar-refractivity contribution in [3.05, 3.63) is 36.4 Å². The summed E-state index contributed by atoms with van der Waals surface area (Å²) in [5.41, 5.74) is 2.15. The Kier molecular flexibility index (Phi) is 4.70. The van der Waals surface area contributed by atoms with Crippen LogP contribution in [0.1, 0.15) is 30.6 Å². The predicted molar refractivity (Wildman–Crippen MR) is 76.1 cm³/mol. The van der Waals surface area contributed by atoms with E-state index in [1.165, 1.54) is 6.20 Å². The fourth-order valence-corrected chi connectivity index (χ4v) is 1.70. The molecule has 1 N–H and O–H groups in total. The molecular formula is C14H18N4O2. The topological polar surface area (TPSA) is 69.0 Å². The van der Waals surface area contributed by atoms with Crippen LogP contribution in [0.15, 0.2) is 30.9 Å². The third kappa shape index (κ3) is 3.34. The molecule has 106 valence electrons. The van der Waals surface area contributed by atoms with Crippen molar-refractivity contribution in [2.45, 2.75) is 20.3 Å². The van der Waals surface area contributed by atoms with Gasteiger partial charge in [0.15, 0.2) is 0 Å². The maximum absolute atomic E-state index is 11.6. The number of esters is 1. The number of anilines is 1. The number of carbonyl (C=O) groups excluding carboxylic acids is 1. The Labute approximate surface area is 117 Å². The highest BCUT2D eigenvalue weighted by atomic mass is 16.5. The highest BCUT2D eigenvalue weighted by Crippen LogP contribution is 2.13. The van der Waals surface area contributed by atoms with Gasteiger partial charge in [-0.1, -0.05) is 6.92 Å². The maximum Gasteiger partial charge on any atom is 0.341 e. The number of hydrogen-bond donors (Lipinski definition) is 1. The van der Waals surface area contributed by atoms with Crippen LogP contribution < -0.4 is 5.32 Å². The van der Waals surface area contributed by atoms with Gasteiger partial charge < -0.3 is 10.1 Å². The van der Waals surface area contributed by atoms with Crippen LogP contribution in [0.2, 0.25) is 0 Å². The zero-order chi connectivity index (χ0) is 14.4. The summed E-state index contributed by atoms with van der Waals surface area (Å²) in [5.74, 6) is -0.369. The first-order chi connectivity index (χ1) is 9.74. The lowest BCUT2D eigenvalue weighted by atomic mass is 10.3. The molecular weight excluding hydrogens is 256 g/mol. The molecule has 6 nitrogen and oxygen atoms in total. The van der Waals surface area contributed by atoms with Crippen LogP contribution in [0.5, 0.6) is 0 Å². The first-order valence-corrected chi connectivity index (χ1v) is 6.65. The van der Waals surface area contributed by atoms with Crippen LogP contribution in [0, 0.1) is 0 Å². The zero-order valence-electron chi connectivity index (χ0n) is 11.7. The van der Waals surface area contributed by atoms with Gasteiger partial charge in [-0.05, 0) is 19.4 Å². The Balaban J connectivity index is 2.17. The number of nitrogens with zero attached hydrogens (tertiary/aromatic N) is 3. The Bertz CT molecular complexity index is 580. The van der Waals surface area contributed by atoms with E-state index < -0.39 is 0 Å². The van der Waals surface area contributed by atoms with Crippen molar-refractivity contribution >= 4 is 11.7 Å². The van der Waals surface area contributed by atoms with Gasteiger partial charge in [-0.15, -0.1) is 0 Å². The van der Waals surface area contributed by atoms with Crippen molar-refractivity contribution in [3.63, 3.8) is 0 Å². The van der Waals surface area contributed by atoms with E-state index in [-0.39, 0.29) is 5.97 Å². The van der Waals surface area contributed by atoms with Gasteiger partial charge in [0, 0.05) is 12.7 Å². The van der Waals surface area contributed by atoms with Gasteiger partial charge in [-0.3, -0.25) is 4.98 Å². The first-order valence-electron chi connectivity index (χ1n) is 6.65. The second-order valence-electron chi connectivity index (χ2n) is 4.25. The smallest absolute Gasteiger partial charge is 0.341 e. The van der Waals surface area contributed by atoms with Crippen LogP contribution in [0.25, 0.3) is 5.69 Å². The van der Waals surface area contributed by atoms with Crippen molar-refractivity contribution in [1.82, 2.24) is 14.8 Å². The number of nitrogens with one attached hydrogen (secondary N) is 1. The summed E-state index contributed by atoms with van der Waals surface area (Å²) >= 11 is 0. The summed E-state index contributed by atoms with van der Waals surface area (Å²) in [6.07, 6.45) is 7.62. The summed E-state index contributed by atoms with van der Waals surface area (Å²) in [5, 5.41) is 7.42. The average Bonchev–Trinajstić information content (AvgIpc) is 2.95. The number of pyridine rings is 1. The molecule has 0 aromatic carbocycles. The van der Waals surface area contributed by atoms with Gasteiger partial charge in [0.25, 0.3) is 0 Å². The third-order valence-corrected chi connectivity index (χ3v) is 2.66. The summed E-state index contributed by atoms with van der Waals surface area (Å²) < 4.78 is 6.54. The minimum Gasteiger partial charge on any atom is -0.462 e. The lowest BCUT2D eigenvalue weighted by Gasteiger charge is -2.06. The highest BCUT2D eigenvalue weighted by molar-refractivity contribution is 5.88. The van der Waals surface area contributed by atoms with E-state index in [1.807, 2.05) is 6.07 Å². The Hall–Kier alpha value is -2.37. The number of carbonyl (C=O) groups is 1. The van der Waals surface area contributed by atoms with Crippen LogP contribution in [0.3, 0.4) is 0 Å². The van der Waals surface area contributed by atoms with E-state index in [0.29, 0.717) is 12.2 Å². The summed E-state index contributed by atoms with van der Waals surface area (Å²) in [7, 11) is 0. The number of aromatic nitrogens is 3. The highest BCUT2D eigenvalue weighted by Gasteiger charge is 2.10. The van der Waals surface area contributed by atoms with Crippen LogP contribution >= 0.6 is 0 Å². The Morgan fingerprint density at radius 2 is 2.20 bits per heavy atom. The van der Waals surface area contributed by atoms with Gasteiger partial charge in [-0.2, -0.15) is 5.10 Å². The van der Waals surface area contributed by atoms with E-state index in [1.54, 1.807) is 30.2 Å². The largest absolute Gasteiger partial charge is 0.462 e. The van der Waals surface area contributed by atoms with Crippen molar-refractivity contribution in [2.24, 2.45) is 0 Å². The van der Waals surface area contributed by atoms with Gasteiger partial charge in [0.05, 0.1) is 42.1 Å². The molecule has 20 heavy (non-hydrogen) atoms. The minimum atomic E-state index is -0.369. The second-order valence-corrected chi connectivity index (χ2v) is 4.25. The van der Waals surface area contributed by atoms with Gasteiger partial charge in [-0.25, -0.2) is 9.48 Å². The van der Waals surface area contributed by atoms with E-state index >= 15 is 0 Å². The molecule has 0 aliphatic rings. The molecule has 2 aromatic heterocycles. The molecule has 0 amide bonds. The molecule has 0 bridgehead atoms. The molecule has 0 spiro atoms. The third-order valence-electron chi connectivity index (χ3n) is 2.66. The van der Waals surface area contributed by atoms with Crippen molar-refractivity contribution < 1.29 is 9.53 Å². The van der Waals surface area contributed by atoms with E-state index in [4.69, 9.17) is 4.74 Å². The average molecular weight is 274 g/mol. The SMILES string of the molecule is CCCNc1cncc(-n2cc(C(=O)OCC)cn2)c1. The van der Waals surface area contributed by atoms with E-state index in [0.717, 1.165) is 24.3 Å². The van der Waals surface area contributed by atoms with Gasteiger partial charge >= 0.3 is 5.97 Å². The van der Waals surface area contributed by atoms with Crippen molar-refractivity contribution in [1.29, 1.82) is 0 Å². The first kappa shape index (κ1) is 14.0. The Morgan fingerprint density at radius 1 is 1.35 bits per heavy atom. The van der Waals surface area contributed by atoms with Crippen molar-refractivity contribution in [3.8, 4) is 5.69 Å². The molecule has 2 rings (SSSR count). The number of ether oxygens (including phenoxy) is 1. The molecule has 6 heteroatoms. The minimum absolute atomic E-state index is 0.349. The predicted octanol–water partition coefficient (Wildman–Crippen LogP) is 2.27. The standard InChI is InChI=1S/C14H18N4O2/c1-3-5-16-12-6-13(9-15-8-12)18-10-11(7-17-18)14(19)20-4-2/h6-10,16H,3-5H2,1-2H3. The molecule has 0 aliphatic heterocycles. The molecule has 2 heterocycles. The molecule has 0 unspecified atom stereocenters. The molecule has 2 aromatic rings. The normalized spacial score (nSPS) is 10.3. The van der Waals surface area contributed by atoms with Crippen molar-refractivity contribution in [2.75, 3.05) is 18.5 Å². The summed E-state index contributed by atoms with van der Waals surface area (Å²) in [6.45, 7) is 5.11. The molecule has 0 radical (unpaired) electrons. The summed E-state index contributed by atoms with van der Waals surface area (Å²) in [6, 6.07) is 1.94. The molecule has 0 saturated heterocycles. The number of rotatable bonds is 6. The zero-order valence-corrected chi connectivity index (χ0v) is 11.7. The lowest BCUT2D eigenvalue weighted by Crippen LogP contribution is -2.04. The monoisotopic (exact) mass is 274 g/mol. The number of hydrogen-bond acceptors (Lipinski definition) is 5. The van der Waals surface area contributed by atoms with Crippen LogP contribution in [-0.2, 0) is 4.74 Å². The molecule has 0 fully saturated rings. The second kappa shape index (κ2) is 6.70. The van der Waals surface area contributed by atoms with Crippen LogP contribution in [0.4, 0.5) is 5.69 Å². The van der Waals surface area contributed by atoms with E-state index in [2.05, 4.69) is 22.3 Å². The Morgan fingerprint density at radius 3 is 2.95 bits per heavy atom. The van der Waals surface area contributed by atoms with Gasteiger partial charge in [0.1, 0.15) is 0 Å². The fraction of sp³-hybridized carbons (Fsp3) is 0.357. The summed E-state index contributed by atoms with van der Waals surface area (Å²) in [4.78, 5) is 15.8. The quantitative estimate of drug-likeness (QED) is 0.818. The molecule has 0 saturated carbocycles. The molecule has 0 aliphatic carbocycles. The molecule has 0 atom stereocenters. The van der Waals surface area contributed by atoms with E-state index in [9.17, 15) is 4.79 Å². The lowest BCUT2D eigenvalue weighted by molar-refractivity contribution is 0.0526. The maximum atomic E-state index is 11.6. The fourth-order valence-electron chi connectivity index (χ4n) is 1.70. The van der Waals surface area contributed by atoms with Gasteiger partial charge in [0.2, 0.25) is 0 Å².